The molecule has 45 heavy (non-hydrogen) atoms. The normalized spacial score (nSPS) is 11.8. The summed E-state index contributed by atoms with van der Waals surface area (Å²) in [6, 6.07) is 26.7. The van der Waals surface area contributed by atoms with Crippen LogP contribution in [0.1, 0.15) is 29.5 Å². The number of anilines is 2. The van der Waals surface area contributed by atoms with Crippen molar-refractivity contribution in [3.8, 4) is 17.0 Å². The largest absolute Gasteiger partial charge is 0.497 e. The molecule has 0 spiro atoms. The monoisotopic (exact) mass is 638 g/mol. The van der Waals surface area contributed by atoms with Crippen molar-refractivity contribution in [1.82, 2.24) is 10.3 Å². The molecule has 3 aromatic carbocycles. The summed E-state index contributed by atoms with van der Waals surface area (Å²) in [6.07, 6.45) is 3.52. The van der Waals surface area contributed by atoms with Crippen LogP contribution in [0.2, 0.25) is 0 Å². The van der Waals surface area contributed by atoms with Crippen LogP contribution < -0.4 is 20.7 Å². The molecular formula is C34H30N4O5S2. The molecule has 0 aliphatic carbocycles. The first-order chi connectivity index (χ1) is 21.9. The molecule has 5 aromatic rings. The Kier molecular flexibility index (Phi) is 10.5. The number of hydrogen-bond donors (Lipinski definition) is 3. The van der Waals surface area contributed by atoms with Gasteiger partial charge in [-0.25, -0.2) is 4.98 Å². The summed E-state index contributed by atoms with van der Waals surface area (Å²) in [4.78, 5) is 44.7. The summed E-state index contributed by atoms with van der Waals surface area (Å²) < 4.78 is 10.6. The highest BCUT2D eigenvalue weighted by Crippen LogP contribution is 2.30. The van der Waals surface area contributed by atoms with Crippen molar-refractivity contribution in [3.05, 3.63) is 120 Å². The Bertz CT molecular complexity index is 1780. The number of carbonyl (C=O) groups excluding carboxylic acids is 3. The van der Waals surface area contributed by atoms with Crippen molar-refractivity contribution in [3.63, 3.8) is 0 Å². The number of nitrogens with zero attached hydrogens (tertiary/aromatic N) is 1. The van der Waals surface area contributed by atoms with Crippen LogP contribution in [0.15, 0.2) is 118 Å². The highest BCUT2D eigenvalue weighted by Gasteiger charge is 2.21. The lowest BCUT2D eigenvalue weighted by Crippen LogP contribution is -2.30. The Balaban J connectivity index is 1.24. The Morgan fingerprint density at radius 2 is 1.78 bits per heavy atom. The zero-order valence-electron chi connectivity index (χ0n) is 24.5. The number of aromatic nitrogens is 1. The maximum atomic E-state index is 13.3. The van der Waals surface area contributed by atoms with Crippen molar-refractivity contribution in [2.75, 3.05) is 17.7 Å². The van der Waals surface area contributed by atoms with Gasteiger partial charge in [0.25, 0.3) is 11.8 Å². The molecule has 5 rings (SSSR count). The standard InChI is InChI=1S/C34H30N4O5S2/c1-3-30(33(41)38-34-37-29(21-44-34)22-14-16-25(42-2)17-15-22)45-27-13-7-11-24(19-27)35-32(40)28(20-26-12-8-18-43-26)36-31(39)23-9-5-4-6-10-23/h4-21,30H,3H2,1-2H3,(H,35,40)(H,36,39)(H,37,38,41)/b28-20-. The lowest BCUT2D eigenvalue weighted by Gasteiger charge is -2.15. The molecule has 2 aromatic heterocycles. The van der Waals surface area contributed by atoms with Crippen LogP contribution >= 0.6 is 23.1 Å². The quantitative estimate of drug-likeness (QED) is 0.0966. The Morgan fingerprint density at radius 3 is 2.49 bits per heavy atom. The van der Waals surface area contributed by atoms with Crippen molar-refractivity contribution in [2.24, 2.45) is 0 Å². The van der Waals surface area contributed by atoms with Crippen LogP contribution in [0.3, 0.4) is 0 Å². The van der Waals surface area contributed by atoms with E-state index in [4.69, 9.17) is 9.15 Å². The summed E-state index contributed by atoms with van der Waals surface area (Å²) in [6.45, 7) is 1.94. The number of thiazole rings is 1. The molecule has 9 nitrogen and oxygen atoms in total. The van der Waals surface area contributed by atoms with Gasteiger partial charge in [0.15, 0.2) is 5.13 Å². The van der Waals surface area contributed by atoms with Gasteiger partial charge in [-0.15, -0.1) is 23.1 Å². The molecule has 0 aliphatic heterocycles. The molecule has 2 heterocycles. The van der Waals surface area contributed by atoms with Gasteiger partial charge in [-0.3, -0.25) is 14.4 Å². The number of carbonyl (C=O) groups is 3. The smallest absolute Gasteiger partial charge is 0.272 e. The number of rotatable bonds is 12. The molecular weight excluding hydrogens is 609 g/mol. The van der Waals surface area contributed by atoms with Crippen LogP contribution in [0, 0.1) is 0 Å². The summed E-state index contributed by atoms with van der Waals surface area (Å²) in [5, 5.41) is 10.5. The van der Waals surface area contributed by atoms with E-state index < -0.39 is 17.1 Å². The molecule has 3 N–H and O–H groups in total. The van der Waals surface area contributed by atoms with Gasteiger partial charge in [-0.05, 0) is 73.2 Å². The van der Waals surface area contributed by atoms with Gasteiger partial charge in [-0.2, -0.15) is 0 Å². The predicted octanol–water partition coefficient (Wildman–Crippen LogP) is 7.33. The topological polar surface area (TPSA) is 123 Å². The van der Waals surface area contributed by atoms with Crippen LogP contribution in [0.25, 0.3) is 17.3 Å². The summed E-state index contributed by atoms with van der Waals surface area (Å²) in [7, 11) is 1.62. The minimum atomic E-state index is -0.529. The first-order valence-electron chi connectivity index (χ1n) is 14.0. The van der Waals surface area contributed by atoms with E-state index in [-0.39, 0.29) is 11.6 Å². The van der Waals surface area contributed by atoms with Crippen molar-refractivity contribution in [1.29, 1.82) is 0 Å². The number of nitrogens with one attached hydrogen (secondary N) is 3. The fraction of sp³-hybridized carbons (Fsp3) is 0.118. The second-order valence-electron chi connectivity index (χ2n) is 9.65. The zero-order chi connectivity index (χ0) is 31.6. The van der Waals surface area contributed by atoms with E-state index in [1.807, 2.05) is 42.6 Å². The highest BCUT2D eigenvalue weighted by atomic mass is 32.2. The number of thioether (sulfide) groups is 1. The van der Waals surface area contributed by atoms with E-state index in [2.05, 4.69) is 20.9 Å². The number of ether oxygens (including phenoxy) is 1. The first kappa shape index (κ1) is 31.3. The number of methoxy groups -OCH3 is 1. The summed E-state index contributed by atoms with van der Waals surface area (Å²) in [5.41, 5.74) is 2.62. The fourth-order valence-corrected chi connectivity index (χ4v) is 5.94. The molecule has 11 heteroatoms. The maximum absolute atomic E-state index is 13.3. The van der Waals surface area contributed by atoms with Gasteiger partial charge < -0.3 is 25.1 Å². The SMILES string of the molecule is CCC(Sc1cccc(NC(=O)/C(=C/c2ccco2)NC(=O)c2ccccc2)c1)C(=O)Nc1nc(-c2ccc(OC)cc2)cs1. The van der Waals surface area contributed by atoms with E-state index in [0.717, 1.165) is 21.9 Å². The molecule has 0 saturated carbocycles. The summed E-state index contributed by atoms with van der Waals surface area (Å²) in [5.74, 6) is 0.0421. The number of benzene rings is 3. The Hall–Kier alpha value is -5.13. The number of furan rings is 1. The third-order valence-corrected chi connectivity index (χ3v) is 8.63. The van der Waals surface area contributed by atoms with Crippen LogP contribution in [-0.4, -0.2) is 35.1 Å². The lowest BCUT2D eigenvalue weighted by atomic mass is 10.2. The van der Waals surface area contributed by atoms with Crippen molar-refractivity contribution < 1.29 is 23.5 Å². The second-order valence-corrected chi connectivity index (χ2v) is 11.8. The lowest BCUT2D eigenvalue weighted by molar-refractivity contribution is -0.116. The fourth-order valence-electron chi connectivity index (χ4n) is 4.20. The molecule has 0 saturated heterocycles. The van der Waals surface area contributed by atoms with E-state index in [1.54, 1.807) is 67.8 Å². The van der Waals surface area contributed by atoms with Gasteiger partial charge in [0.2, 0.25) is 5.91 Å². The van der Waals surface area contributed by atoms with Gasteiger partial charge >= 0.3 is 0 Å². The minimum Gasteiger partial charge on any atom is -0.497 e. The van der Waals surface area contributed by atoms with Gasteiger partial charge in [0, 0.05) is 33.2 Å². The van der Waals surface area contributed by atoms with Crippen LogP contribution in [0.4, 0.5) is 10.8 Å². The average molecular weight is 639 g/mol. The zero-order valence-corrected chi connectivity index (χ0v) is 26.1. The molecule has 228 valence electrons. The molecule has 1 atom stereocenters. The van der Waals surface area contributed by atoms with Crippen LogP contribution in [0.5, 0.6) is 5.75 Å². The molecule has 0 fully saturated rings. The molecule has 1 unspecified atom stereocenters. The van der Waals surface area contributed by atoms with Gasteiger partial charge in [0.1, 0.15) is 17.2 Å². The first-order valence-corrected chi connectivity index (χ1v) is 15.8. The molecule has 0 aliphatic rings. The van der Waals surface area contributed by atoms with E-state index in [9.17, 15) is 14.4 Å². The Labute approximate surface area is 268 Å². The third-order valence-electron chi connectivity index (χ3n) is 6.51. The van der Waals surface area contributed by atoms with Crippen molar-refractivity contribution in [2.45, 2.75) is 23.5 Å². The van der Waals surface area contributed by atoms with E-state index >= 15 is 0 Å². The van der Waals surface area contributed by atoms with Crippen molar-refractivity contribution >= 4 is 57.7 Å². The predicted molar refractivity (Wildman–Crippen MR) is 178 cm³/mol. The third kappa shape index (κ3) is 8.49. The van der Waals surface area contributed by atoms with Gasteiger partial charge in [0.05, 0.1) is 24.3 Å². The molecule has 0 radical (unpaired) electrons. The number of hydrogen-bond acceptors (Lipinski definition) is 8. The maximum Gasteiger partial charge on any atom is 0.272 e. The Morgan fingerprint density at radius 1 is 0.978 bits per heavy atom. The average Bonchev–Trinajstić information content (AvgIpc) is 3.76. The minimum absolute atomic E-state index is 0.0140. The van der Waals surface area contributed by atoms with E-state index in [1.165, 1.54) is 35.4 Å². The number of amides is 3. The second kappa shape index (κ2) is 15.0. The van der Waals surface area contributed by atoms with E-state index in [0.29, 0.717) is 28.6 Å². The summed E-state index contributed by atoms with van der Waals surface area (Å²) >= 11 is 2.74. The molecule has 0 bridgehead atoms. The molecule has 3 amide bonds. The van der Waals surface area contributed by atoms with Crippen LogP contribution in [-0.2, 0) is 9.59 Å². The van der Waals surface area contributed by atoms with Gasteiger partial charge in [-0.1, -0.05) is 31.2 Å². The highest BCUT2D eigenvalue weighted by molar-refractivity contribution is 8.00.